The molecule has 0 aromatic carbocycles. The first-order valence-electron chi connectivity index (χ1n) is 4.31. The Labute approximate surface area is 83.0 Å². The van der Waals surface area contributed by atoms with Gasteiger partial charge in [0.05, 0.1) is 18.0 Å². The van der Waals surface area contributed by atoms with Crippen molar-refractivity contribution in [2.45, 2.75) is 19.4 Å². The van der Waals surface area contributed by atoms with E-state index >= 15 is 0 Å². The Morgan fingerprint density at radius 3 is 3.07 bits per heavy atom. The Hall–Kier alpha value is -1.42. The van der Waals surface area contributed by atoms with Crippen molar-refractivity contribution in [3.8, 4) is 0 Å². The fourth-order valence-electron chi connectivity index (χ4n) is 1.16. The Bertz CT molecular complexity index is 324. The van der Waals surface area contributed by atoms with Crippen LogP contribution in [0.2, 0.25) is 0 Å². The molecule has 75 valence electrons. The fraction of sp³-hybridized carbons (Fsp3) is 0.300. The van der Waals surface area contributed by atoms with Crippen LogP contribution in [0.3, 0.4) is 0 Å². The van der Waals surface area contributed by atoms with Crippen LogP contribution in [0.1, 0.15) is 12.5 Å². The summed E-state index contributed by atoms with van der Waals surface area (Å²) >= 11 is 0. The average molecular weight is 193 g/mol. The highest BCUT2D eigenvalue weighted by molar-refractivity contribution is 5.89. The summed E-state index contributed by atoms with van der Waals surface area (Å²) in [5.41, 5.74) is 1.46. The summed E-state index contributed by atoms with van der Waals surface area (Å²) in [6.07, 6.45) is 2.89. The van der Waals surface area contributed by atoms with E-state index in [1.54, 1.807) is 18.5 Å². The number of anilines is 1. The quantitative estimate of drug-likeness (QED) is 0.745. The first kappa shape index (κ1) is 10.7. The molecule has 1 aromatic heterocycles. The molecule has 1 rings (SSSR count). The number of aromatic nitrogens is 1. The summed E-state index contributed by atoms with van der Waals surface area (Å²) in [5.74, 6) is -0.155. The van der Waals surface area contributed by atoms with Crippen LogP contribution >= 0.6 is 0 Å². The third-order valence-electron chi connectivity index (χ3n) is 1.68. The smallest absolute Gasteiger partial charge is 0.221 e. The highest BCUT2D eigenvalue weighted by Crippen LogP contribution is 2.15. The summed E-state index contributed by atoms with van der Waals surface area (Å²) in [6, 6.07) is 1.75. The van der Waals surface area contributed by atoms with E-state index < -0.39 is 6.10 Å². The second-order valence-electron chi connectivity index (χ2n) is 3.07. The molecule has 0 bridgehead atoms. The van der Waals surface area contributed by atoms with E-state index in [2.05, 4.69) is 17.2 Å². The van der Waals surface area contributed by atoms with Crippen LogP contribution in [-0.2, 0) is 11.2 Å². The predicted octanol–water partition coefficient (Wildman–Crippen LogP) is 0.777. The van der Waals surface area contributed by atoms with E-state index in [1.165, 1.54) is 6.92 Å². The van der Waals surface area contributed by atoms with Gasteiger partial charge in [0.15, 0.2) is 0 Å². The predicted molar refractivity (Wildman–Crippen MR) is 53.6 cm³/mol. The van der Waals surface area contributed by atoms with Crippen molar-refractivity contribution in [2.75, 3.05) is 5.32 Å². The molecule has 14 heavy (non-hydrogen) atoms. The lowest BCUT2D eigenvalue weighted by atomic mass is 10.1. The topological polar surface area (TPSA) is 62.2 Å². The molecule has 0 aliphatic rings. The van der Waals surface area contributed by atoms with Gasteiger partial charge in [0, 0.05) is 19.5 Å². The lowest BCUT2D eigenvalue weighted by Crippen LogP contribution is -2.12. The van der Waals surface area contributed by atoms with Gasteiger partial charge in [0.1, 0.15) is 0 Å². The minimum absolute atomic E-state index is 0.155. The van der Waals surface area contributed by atoms with Gasteiger partial charge in [0.2, 0.25) is 5.91 Å². The van der Waals surface area contributed by atoms with Crippen molar-refractivity contribution in [1.29, 1.82) is 0 Å². The third-order valence-corrected chi connectivity index (χ3v) is 1.68. The van der Waals surface area contributed by atoms with Gasteiger partial charge in [-0.05, 0) is 18.6 Å². The van der Waals surface area contributed by atoms with Crippen LogP contribution in [0.15, 0.2) is 18.5 Å². The van der Waals surface area contributed by atoms with Gasteiger partial charge in [-0.25, -0.2) is 0 Å². The van der Waals surface area contributed by atoms with E-state index in [0.717, 1.165) is 5.56 Å². The Morgan fingerprint density at radius 2 is 2.50 bits per heavy atom. The van der Waals surface area contributed by atoms with Crippen molar-refractivity contribution in [3.63, 3.8) is 0 Å². The highest BCUT2D eigenvalue weighted by Gasteiger charge is 2.06. The first-order chi connectivity index (χ1) is 6.59. The third kappa shape index (κ3) is 3.14. The normalized spacial score (nSPS) is 12.2. The minimum atomic E-state index is -0.676. The summed E-state index contributed by atoms with van der Waals surface area (Å²) in [5, 5.41) is 11.8. The maximum absolute atomic E-state index is 10.8. The molecule has 4 heteroatoms. The number of pyridine rings is 1. The van der Waals surface area contributed by atoms with Crippen molar-refractivity contribution >= 4 is 11.6 Å². The zero-order chi connectivity index (χ0) is 10.6. The number of aliphatic hydroxyl groups excluding tert-OH is 1. The Morgan fingerprint density at radius 1 is 1.79 bits per heavy atom. The Kier molecular flexibility index (Phi) is 3.59. The highest BCUT2D eigenvalue weighted by atomic mass is 16.3. The van der Waals surface area contributed by atoms with Crippen molar-refractivity contribution in [2.24, 2.45) is 0 Å². The van der Waals surface area contributed by atoms with Crippen molar-refractivity contribution < 1.29 is 9.90 Å². The van der Waals surface area contributed by atoms with E-state index in [9.17, 15) is 4.79 Å². The van der Waals surface area contributed by atoms with Gasteiger partial charge in [-0.2, -0.15) is 0 Å². The maximum atomic E-state index is 10.8. The van der Waals surface area contributed by atoms with Crippen LogP contribution in [0.5, 0.6) is 0 Å². The molecule has 2 N–H and O–H groups in total. The molecular formula is C10H13N2O2. The van der Waals surface area contributed by atoms with Crippen molar-refractivity contribution in [3.05, 3.63) is 30.9 Å². The molecule has 0 spiro atoms. The number of amides is 1. The summed E-state index contributed by atoms with van der Waals surface area (Å²) in [6.45, 7) is 4.90. The van der Waals surface area contributed by atoms with Gasteiger partial charge < -0.3 is 10.4 Å². The summed E-state index contributed by atoms with van der Waals surface area (Å²) in [7, 11) is 0. The van der Waals surface area contributed by atoms with E-state index in [1.807, 2.05) is 0 Å². The number of carbonyl (C=O) groups is 1. The van der Waals surface area contributed by atoms with Crippen molar-refractivity contribution in [1.82, 2.24) is 4.98 Å². The number of aliphatic hydroxyl groups is 1. The summed E-state index contributed by atoms with van der Waals surface area (Å²) < 4.78 is 0. The van der Waals surface area contributed by atoms with Crippen LogP contribution in [-0.4, -0.2) is 22.1 Å². The minimum Gasteiger partial charge on any atom is -0.393 e. The van der Waals surface area contributed by atoms with Gasteiger partial charge in [0.25, 0.3) is 0 Å². The van der Waals surface area contributed by atoms with E-state index in [4.69, 9.17) is 5.11 Å². The average Bonchev–Trinajstić information content (AvgIpc) is 2.06. The van der Waals surface area contributed by atoms with Gasteiger partial charge in [-0.15, -0.1) is 0 Å². The fourth-order valence-corrected chi connectivity index (χ4v) is 1.16. The monoisotopic (exact) mass is 193 g/mol. The first-order valence-corrected chi connectivity index (χ1v) is 4.31. The molecule has 0 aliphatic carbocycles. The number of nitrogens with one attached hydrogen (secondary N) is 1. The van der Waals surface area contributed by atoms with Crippen LogP contribution in [0.4, 0.5) is 5.69 Å². The molecule has 0 saturated carbocycles. The second-order valence-corrected chi connectivity index (χ2v) is 3.07. The summed E-state index contributed by atoms with van der Waals surface area (Å²) in [4.78, 5) is 14.7. The number of carbonyl (C=O) groups excluding carboxylic acids is 1. The van der Waals surface area contributed by atoms with Gasteiger partial charge in [-0.3, -0.25) is 9.78 Å². The molecule has 0 aliphatic heterocycles. The Balaban J connectivity index is 2.85. The molecule has 1 unspecified atom stereocenters. The number of nitrogens with zero attached hydrogens (tertiary/aromatic N) is 1. The zero-order valence-electron chi connectivity index (χ0n) is 8.03. The lowest BCUT2D eigenvalue weighted by Gasteiger charge is -2.10. The largest absolute Gasteiger partial charge is 0.393 e. The number of rotatable bonds is 3. The SMILES string of the molecule is [CH2]C(O)Cc1ccncc1NC(C)=O. The zero-order valence-corrected chi connectivity index (χ0v) is 8.03. The maximum Gasteiger partial charge on any atom is 0.221 e. The molecule has 4 nitrogen and oxygen atoms in total. The molecule has 1 radical (unpaired) electrons. The van der Waals surface area contributed by atoms with E-state index in [0.29, 0.717) is 12.1 Å². The molecule has 1 heterocycles. The number of hydrogen-bond acceptors (Lipinski definition) is 3. The molecule has 1 aromatic rings. The molecule has 1 atom stereocenters. The van der Waals surface area contributed by atoms with Crippen LogP contribution in [0, 0.1) is 6.92 Å². The molecule has 0 saturated heterocycles. The second kappa shape index (κ2) is 4.72. The molecular weight excluding hydrogens is 180 g/mol. The van der Waals surface area contributed by atoms with E-state index in [-0.39, 0.29) is 5.91 Å². The van der Waals surface area contributed by atoms with Gasteiger partial charge in [-0.1, -0.05) is 0 Å². The molecule has 1 amide bonds. The van der Waals surface area contributed by atoms with Crippen LogP contribution < -0.4 is 5.32 Å². The van der Waals surface area contributed by atoms with Crippen LogP contribution in [0.25, 0.3) is 0 Å². The van der Waals surface area contributed by atoms with Gasteiger partial charge >= 0.3 is 0 Å². The standard InChI is InChI=1S/C10H13N2O2/c1-7(13)5-9-3-4-11-6-10(9)12-8(2)14/h3-4,6-7,13H,1,5H2,2H3,(H,12,14). The molecule has 0 fully saturated rings. The number of hydrogen-bond donors (Lipinski definition) is 2. The lowest BCUT2D eigenvalue weighted by molar-refractivity contribution is -0.114.